The number of nitrogens with zero attached hydrogens (tertiary/aromatic N) is 1. The first-order chi connectivity index (χ1) is 20.6. The maximum absolute atomic E-state index is 12.7. The third kappa shape index (κ3) is 9.31. The number of esters is 2. The molecule has 1 saturated carbocycles. The van der Waals surface area contributed by atoms with Gasteiger partial charge in [-0.1, -0.05) is 101 Å². The lowest BCUT2D eigenvalue weighted by Crippen LogP contribution is -2.27. The normalized spacial score (nSPS) is 14.1. The average molecular weight is 566 g/mol. The van der Waals surface area contributed by atoms with Gasteiger partial charge in [0.15, 0.2) is 6.10 Å². The highest BCUT2D eigenvalue weighted by Crippen LogP contribution is 2.28. The number of carbonyl (C=O) groups is 2. The van der Waals surface area contributed by atoms with Crippen molar-refractivity contribution in [3.8, 4) is 22.9 Å². The summed E-state index contributed by atoms with van der Waals surface area (Å²) in [6, 6.07) is 24.5. The summed E-state index contributed by atoms with van der Waals surface area (Å²) in [6.45, 7) is 2.25. The van der Waals surface area contributed by atoms with E-state index < -0.39 is 18.0 Å². The van der Waals surface area contributed by atoms with Crippen LogP contribution < -0.4 is 4.74 Å². The minimum Gasteiger partial charge on any atom is -0.443 e. The molecular formula is C37H43NO4. The molecule has 1 fully saturated rings. The summed E-state index contributed by atoms with van der Waals surface area (Å²) in [6.07, 6.45) is 14.7. The summed E-state index contributed by atoms with van der Waals surface area (Å²) in [7, 11) is 0. The van der Waals surface area contributed by atoms with Gasteiger partial charge in [-0.15, -0.1) is 0 Å². The van der Waals surface area contributed by atoms with Crippen LogP contribution in [0.4, 0.5) is 0 Å². The van der Waals surface area contributed by atoms with Crippen LogP contribution >= 0.6 is 0 Å². The van der Waals surface area contributed by atoms with Crippen LogP contribution in [-0.4, -0.2) is 18.0 Å². The molecule has 0 heterocycles. The monoisotopic (exact) mass is 565 g/mol. The molecule has 0 aromatic heterocycles. The molecule has 0 aliphatic heterocycles. The van der Waals surface area contributed by atoms with Crippen LogP contribution in [0.25, 0.3) is 11.1 Å². The molecule has 0 spiro atoms. The summed E-state index contributed by atoms with van der Waals surface area (Å²) in [4.78, 5) is 25.3. The van der Waals surface area contributed by atoms with E-state index in [2.05, 4.69) is 37.3 Å². The van der Waals surface area contributed by atoms with E-state index in [9.17, 15) is 14.9 Å². The average Bonchev–Trinajstić information content (AvgIpc) is 3.04. The smallest absolute Gasteiger partial charge is 0.343 e. The number of unbranched alkanes of at least 4 members (excludes halogenated alkanes) is 6. The highest BCUT2D eigenvalue weighted by Gasteiger charge is 2.27. The van der Waals surface area contributed by atoms with Gasteiger partial charge in [0, 0.05) is 5.92 Å². The Morgan fingerprint density at radius 1 is 0.738 bits per heavy atom. The number of aryl methyl sites for hydroxylation is 1. The zero-order valence-electron chi connectivity index (χ0n) is 24.9. The lowest BCUT2D eigenvalue weighted by Gasteiger charge is -2.25. The molecule has 5 heteroatoms. The van der Waals surface area contributed by atoms with Gasteiger partial charge in [0.2, 0.25) is 0 Å². The van der Waals surface area contributed by atoms with E-state index >= 15 is 0 Å². The van der Waals surface area contributed by atoms with Gasteiger partial charge in [-0.3, -0.25) is 0 Å². The van der Waals surface area contributed by atoms with Crippen molar-refractivity contribution in [3.63, 3.8) is 0 Å². The van der Waals surface area contributed by atoms with Crippen LogP contribution in [-0.2, 0) is 11.2 Å². The Balaban J connectivity index is 1.24. The summed E-state index contributed by atoms with van der Waals surface area (Å²) >= 11 is 0. The summed E-state index contributed by atoms with van der Waals surface area (Å²) in [5.74, 6) is -0.574. The SMILES string of the molecule is CCCCCCCCCc1ccc(-c2ccc(C(=O)Oc3ccc(C(=O)OC(C#N)C4CCCCC4)cc3)cc2)cc1. The molecule has 1 atom stereocenters. The number of hydrogen-bond acceptors (Lipinski definition) is 5. The third-order valence-corrected chi connectivity index (χ3v) is 8.22. The topological polar surface area (TPSA) is 76.4 Å². The summed E-state index contributed by atoms with van der Waals surface area (Å²) < 4.78 is 11.0. The lowest BCUT2D eigenvalue weighted by atomic mass is 9.85. The van der Waals surface area contributed by atoms with Gasteiger partial charge >= 0.3 is 11.9 Å². The molecule has 0 radical (unpaired) electrons. The van der Waals surface area contributed by atoms with Crippen LogP contribution in [0.5, 0.6) is 5.75 Å². The van der Waals surface area contributed by atoms with Crippen molar-refractivity contribution in [2.24, 2.45) is 5.92 Å². The molecule has 220 valence electrons. The fourth-order valence-electron chi connectivity index (χ4n) is 5.62. The van der Waals surface area contributed by atoms with E-state index in [4.69, 9.17) is 9.47 Å². The molecule has 0 bridgehead atoms. The first kappa shape index (κ1) is 31.0. The molecule has 1 aliphatic carbocycles. The van der Waals surface area contributed by atoms with Crippen molar-refractivity contribution in [1.29, 1.82) is 5.26 Å². The van der Waals surface area contributed by atoms with Crippen molar-refractivity contribution < 1.29 is 19.1 Å². The van der Waals surface area contributed by atoms with Crippen molar-refractivity contribution >= 4 is 11.9 Å². The Kier molecular flexibility index (Phi) is 12.2. The van der Waals surface area contributed by atoms with E-state index in [0.717, 1.165) is 43.2 Å². The van der Waals surface area contributed by atoms with Gasteiger partial charge in [-0.2, -0.15) is 5.26 Å². The number of ether oxygens (including phenoxy) is 2. The second kappa shape index (κ2) is 16.5. The molecule has 1 aliphatic rings. The standard InChI is InChI=1S/C37H43NO4/c1-2-3-4-5-6-7-9-12-28-15-17-29(18-16-28)30-19-21-32(22-20-30)36(39)41-34-25-23-33(24-26-34)37(40)42-35(27-38)31-13-10-8-11-14-31/h15-26,31,35H,2-14H2,1H3. The fraction of sp³-hybridized carbons (Fsp3) is 0.432. The van der Waals surface area contributed by atoms with Crippen LogP contribution in [0.2, 0.25) is 0 Å². The molecular weight excluding hydrogens is 522 g/mol. The van der Waals surface area contributed by atoms with E-state index in [1.807, 2.05) is 12.1 Å². The Labute approximate surface area is 250 Å². The molecule has 0 N–H and O–H groups in total. The second-order valence-electron chi connectivity index (χ2n) is 11.4. The van der Waals surface area contributed by atoms with Gasteiger partial charge in [0.1, 0.15) is 11.8 Å². The molecule has 4 rings (SSSR count). The maximum atomic E-state index is 12.7. The van der Waals surface area contributed by atoms with Crippen LogP contribution in [0.15, 0.2) is 72.8 Å². The highest BCUT2D eigenvalue weighted by atomic mass is 16.5. The van der Waals surface area contributed by atoms with E-state index in [1.165, 1.54) is 56.9 Å². The quantitative estimate of drug-likeness (QED) is 0.110. The third-order valence-electron chi connectivity index (χ3n) is 8.22. The Hall–Kier alpha value is -3.91. The number of benzene rings is 3. The number of carbonyl (C=O) groups excluding carboxylic acids is 2. The number of rotatable bonds is 14. The van der Waals surface area contributed by atoms with E-state index in [1.54, 1.807) is 36.4 Å². The molecule has 42 heavy (non-hydrogen) atoms. The van der Waals surface area contributed by atoms with Crippen molar-refractivity contribution in [2.45, 2.75) is 96.5 Å². The predicted octanol–water partition coefficient (Wildman–Crippen LogP) is 9.50. The van der Waals surface area contributed by atoms with Crippen LogP contribution in [0.1, 0.15) is 110 Å². The van der Waals surface area contributed by atoms with Crippen molar-refractivity contribution in [2.75, 3.05) is 0 Å². The lowest BCUT2D eigenvalue weighted by molar-refractivity contribution is 0.0246. The highest BCUT2D eigenvalue weighted by molar-refractivity contribution is 5.92. The van der Waals surface area contributed by atoms with E-state index in [-0.39, 0.29) is 5.92 Å². The zero-order chi connectivity index (χ0) is 29.6. The fourth-order valence-corrected chi connectivity index (χ4v) is 5.62. The largest absolute Gasteiger partial charge is 0.443 e. The minimum absolute atomic E-state index is 0.0957. The van der Waals surface area contributed by atoms with Gasteiger partial charge in [0.25, 0.3) is 0 Å². The molecule has 5 nitrogen and oxygen atoms in total. The number of nitriles is 1. The first-order valence-corrected chi connectivity index (χ1v) is 15.7. The molecule has 0 amide bonds. The Morgan fingerprint density at radius 3 is 1.90 bits per heavy atom. The predicted molar refractivity (Wildman–Crippen MR) is 166 cm³/mol. The van der Waals surface area contributed by atoms with Crippen molar-refractivity contribution in [1.82, 2.24) is 0 Å². The minimum atomic E-state index is -0.730. The first-order valence-electron chi connectivity index (χ1n) is 15.7. The van der Waals surface area contributed by atoms with Crippen LogP contribution in [0.3, 0.4) is 0 Å². The molecule has 0 saturated heterocycles. The van der Waals surface area contributed by atoms with Gasteiger partial charge in [0.05, 0.1) is 11.1 Å². The molecule has 3 aromatic rings. The summed E-state index contributed by atoms with van der Waals surface area (Å²) in [5, 5.41) is 9.50. The van der Waals surface area contributed by atoms with Gasteiger partial charge in [-0.05, 0) is 78.8 Å². The second-order valence-corrected chi connectivity index (χ2v) is 11.4. The maximum Gasteiger partial charge on any atom is 0.343 e. The van der Waals surface area contributed by atoms with Gasteiger partial charge < -0.3 is 9.47 Å². The van der Waals surface area contributed by atoms with Crippen molar-refractivity contribution in [3.05, 3.63) is 89.5 Å². The molecule has 3 aromatic carbocycles. The van der Waals surface area contributed by atoms with Crippen LogP contribution in [0, 0.1) is 17.2 Å². The molecule has 1 unspecified atom stereocenters. The van der Waals surface area contributed by atoms with E-state index in [0.29, 0.717) is 16.9 Å². The zero-order valence-corrected chi connectivity index (χ0v) is 24.9. The Bertz CT molecular complexity index is 1300. The summed E-state index contributed by atoms with van der Waals surface area (Å²) in [5.41, 5.74) is 4.29. The Morgan fingerprint density at radius 2 is 1.29 bits per heavy atom. The number of hydrogen-bond donors (Lipinski definition) is 0. The van der Waals surface area contributed by atoms with Gasteiger partial charge in [-0.25, -0.2) is 9.59 Å².